The van der Waals surface area contributed by atoms with Crippen molar-refractivity contribution in [2.24, 2.45) is 5.92 Å². The van der Waals surface area contributed by atoms with E-state index in [9.17, 15) is 0 Å². The summed E-state index contributed by atoms with van der Waals surface area (Å²) in [5.41, 5.74) is 2.70. The summed E-state index contributed by atoms with van der Waals surface area (Å²) in [4.78, 5) is 0. The van der Waals surface area contributed by atoms with Gasteiger partial charge < -0.3 is 4.74 Å². The molecule has 0 unspecified atom stereocenters. The van der Waals surface area contributed by atoms with Gasteiger partial charge in [0.2, 0.25) is 0 Å². The Kier molecular flexibility index (Phi) is 4.00. The summed E-state index contributed by atoms with van der Waals surface area (Å²) in [6.07, 6.45) is 5.48. The molecule has 1 aliphatic rings. The van der Waals surface area contributed by atoms with Crippen molar-refractivity contribution in [3.63, 3.8) is 0 Å². The molecule has 88 valence electrons. The Morgan fingerprint density at radius 2 is 1.69 bits per heavy atom. The molecule has 1 heteroatoms. The van der Waals surface area contributed by atoms with Crippen LogP contribution in [0.25, 0.3) is 0 Å². The summed E-state index contributed by atoms with van der Waals surface area (Å²) >= 11 is 0. The second-order valence-electron chi connectivity index (χ2n) is 4.85. The van der Waals surface area contributed by atoms with E-state index in [1.807, 2.05) is 0 Å². The zero-order valence-electron chi connectivity index (χ0n) is 10.4. The first kappa shape index (κ1) is 11.7. The predicted molar refractivity (Wildman–Crippen MR) is 67.4 cm³/mol. The molecule has 0 atom stereocenters. The van der Waals surface area contributed by atoms with E-state index in [1.165, 1.54) is 30.4 Å². The number of hydrogen-bond acceptors (Lipinski definition) is 1. The Bertz CT molecular complexity index is 309. The van der Waals surface area contributed by atoms with Gasteiger partial charge in [0.25, 0.3) is 0 Å². The molecule has 1 aliphatic carbocycles. The average molecular weight is 218 g/mol. The van der Waals surface area contributed by atoms with Crippen LogP contribution in [0.4, 0.5) is 0 Å². The third-order valence-corrected chi connectivity index (χ3v) is 3.69. The summed E-state index contributed by atoms with van der Waals surface area (Å²) in [5, 5.41) is 0. The third kappa shape index (κ3) is 2.85. The zero-order chi connectivity index (χ0) is 11.4. The number of ether oxygens (including phenoxy) is 1. The van der Waals surface area contributed by atoms with Crippen LogP contribution in [0.5, 0.6) is 0 Å². The molecule has 0 N–H and O–H groups in total. The van der Waals surface area contributed by atoms with Crippen LogP contribution in [0.2, 0.25) is 0 Å². The summed E-state index contributed by atoms with van der Waals surface area (Å²) in [7, 11) is 0. The van der Waals surface area contributed by atoms with Gasteiger partial charge in [-0.15, -0.1) is 0 Å². The molecular formula is C15H22O. The second-order valence-corrected chi connectivity index (χ2v) is 4.85. The normalized spacial score (nSPS) is 24.1. The van der Waals surface area contributed by atoms with E-state index in [0.29, 0.717) is 6.10 Å². The maximum absolute atomic E-state index is 5.87. The van der Waals surface area contributed by atoms with Crippen LogP contribution in [0.15, 0.2) is 24.3 Å². The van der Waals surface area contributed by atoms with E-state index in [0.717, 1.165) is 18.9 Å². The van der Waals surface area contributed by atoms with Crippen molar-refractivity contribution in [3.8, 4) is 0 Å². The molecule has 0 amide bonds. The molecule has 0 spiro atoms. The molecule has 2 rings (SSSR count). The lowest BCUT2D eigenvalue weighted by Crippen LogP contribution is -2.30. The minimum atomic E-state index is 0.524. The smallest absolute Gasteiger partial charge is 0.0720 e. The van der Waals surface area contributed by atoms with Gasteiger partial charge >= 0.3 is 0 Å². The summed E-state index contributed by atoms with van der Waals surface area (Å²) < 4.78 is 5.87. The minimum absolute atomic E-state index is 0.524. The Labute approximate surface area is 98.8 Å². The van der Waals surface area contributed by atoms with E-state index >= 15 is 0 Å². The van der Waals surface area contributed by atoms with Gasteiger partial charge in [0.1, 0.15) is 0 Å². The van der Waals surface area contributed by atoms with Crippen LogP contribution in [0.1, 0.15) is 44.2 Å². The molecule has 1 saturated carbocycles. The Balaban J connectivity index is 1.73. The summed E-state index contributed by atoms with van der Waals surface area (Å²) in [6.45, 7) is 5.24. The largest absolute Gasteiger partial charge is 0.374 e. The van der Waals surface area contributed by atoms with Gasteiger partial charge in [-0.05, 0) is 36.3 Å². The Morgan fingerprint density at radius 3 is 2.25 bits per heavy atom. The quantitative estimate of drug-likeness (QED) is 0.727. The molecule has 0 radical (unpaired) electrons. The highest BCUT2D eigenvalue weighted by molar-refractivity contribution is 5.21. The highest BCUT2D eigenvalue weighted by Gasteiger charge is 2.27. The first-order valence-corrected chi connectivity index (χ1v) is 6.51. The van der Waals surface area contributed by atoms with E-state index < -0.39 is 0 Å². The maximum atomic E-state index is 5.87. The molecule has 16 heavy (non-hydrogen) atoms. The second kappa shape index (κ2) is 5.49. The first-order valence-electron chi connectivity index (χ1n) is 6.51. The number of hydrogen-bond donors (Lipinski definition) is 0. The van der Waals surface area contributed by atoms with E-state index in [-0.39, 0.29) is 0 Å². The Morgan fingerprint density at radius 1 is 1.06 bits per heavy atom. The minimum Gasteiger partial charge on any atom is -0.374 e. The lowest BCUT2D eigenvalue weighted by Gasteiger charge is -2.34. The van der Waals surface area contributed by atoms with E-state index in [4.69, 9.17) is 4.74 Å². The van der Waals surface area contributed by atoms with E-state index in [2.05, 4.69) is 38.1 Å². The molecule has 0 saturated heterocycles. The van der Waals surface area contributed by atoms with Gasteiger partial charge in [-0.3, -0.25) is 0 Å². The molecule has 0 bridgehead atoms. The third-order valence-electron chi connectivity index (χ3n) is 3.69. The SMILES string of the molecule is CCc1ccc(COC2CC(CC)C2)cc1. The van der Waals surface area contributed by atoms with Gasteiger partial charge in [0.15, 0.2) is 0 Å². The van der Waals surface area contributed by atoms with Crippen LogP contribution >= 0.6 is 0 Å². The van der Waals surface area contributed by atoms with Crippen molar-refractivity contribution in [1.29, 1.82) is 0 Å². The lowest BCUT2D eigenvalue weighted by atomic mass is 9.80. The molecule has 0 aliphatic heterocycles. The van der Waals surface area contributed by atoms with Crippen LogP contribution < -0.4 is 0 Å². The van der Waals surface area contributed by atoms with Crippen LogP contribution in [-0.2, 0) is 17.8 Å². The van der Waals surface area contributed by atoms with Crippen LogP contribution in [0, 0.1) is 5.92 Å². The average Bonchev–Trinajstić information content (AvgIpc) is 2.28. The molecule has 0 heterocycles. The molecule has 0 aromatic heterocycles. The molecule has 1 nitrogen and oxygen atoms in total. The zero-order valence-corrected chi connectivity index (χ0v) is 10.4. The van der Waals surface area contributed by atoms with Crippen molar-refractivity contribution < 1.29 is 4.74 Å². The highest BCUT2D eigenvalue weighted by Crippen LogP contribution is 2.32. The topological polar surface area (TPSA) is 9.23 Å². The molecule has 1 fully saturated rings. The number of benzene rings is 1. The highest BCUT2D eigenvalue weighted by atomic mass is 16.5. The number of rotatable bonds is 5. The first-order chi connectivity index (χ1) is 7.81. The fraction of sp³-hybridized carbons (Fsp3) is 0.600. The van der Waals surface area contributed by atoms with Crippen molar-refractivity contribution in [2.45, 2.75) is 52.2 Å². The Hall–Kier alpha value is -0.820. The van der Waals surface area contributed by atoms with Gasteiger partial charge in [0, 0.05) is 0 Å². The maximum Gasteiger partial charge on any atom is 0.0720 e. The van der Waals surface area contributed by atoms with E-state index in [1.54, 1.807) is 0 Å². The lowest BCUT2D eigenvalue weighted by molar-refractivity contribution is -0.0408. The van der Waals surface area contributed by atoms with Crippen molar-refractivity contribution in [3.05, 3.63) is 35.4 Å². The van der Waals surface area contributed by atoms with Gasteiger partial charge in [-0.2, -0.15) is 0 Å². The summed E-state index contributed by atoms with van der Waals surface area (Å²) in [6, 6.07) is 8.78. The van der Waals surface area contributed by atoms with Gasteiger partial charge in [-0.1, -0.05) is 44.5 Å². The fourth-order valence-electron chi connectivity index (χ4n) is 2.23. The van der Waals surface area contributed by atoms with Crippen LogP contribution in [0.3, 0.4) is 0 Å². The van der Waals surface area contributed by atoms with Gasteiger partial charge in [0.05, 0.1) is 12.7 Å². The molecule has 1 aromatic rings. The molecule has 1 aromatic carbocycles. The van der Waals surface area contributed by atoms with Crippen molar-refractivity contribution >= 4 is 0 Å². The van der Waals surface area contributed by atoms with Crippen molar-refractivity contribution in [1.82, 2.24) is 0 Å². The molecular weight excluding hydrogens is 196 g/mol. The van der Waals surface area contributed by atoms with Gasteiger partial charge in [-0.25, -0.2) is 0 Å². The van der Waals surface area contributed by atoms with Crippen LogP contribution in [-0.4, -0.2) is 6.10 Å². The van der Waals surface area contributed by atoms with Crippen molar-refractivity contribution in [2.75, 3.05) is 0 Å². The number of aryl methyl sites for hydroxylation is 1. The monoisotopic (exact) mass is 218 g/mol. The summed E-state index contributed by atoms with van der Waals surface area (Å²) in [5.74, 6) is 0.924. The standard InChI is InChI=1S/C15H22O/c1-3-12-5-7-14(8-6-12)11-16-15-9-13(4-2)10-15/h5-8,13,15H,3-4,9-11H2,1-2H3. The predicted octanol–water partition coefficient (Wildman–Crippen LogP) is 3.95. The fourth-order valence-corrected chi connectivity index (χ4v) is 2.23.